The summed E-state index contributed by atoms with van der Waals surface area (Å²) >= 11 is 0. The molecule has 0 unspecified atom stereocenters. The molecule has 2 rings (SSSR count). The number of nitrogens with one attached hydrogen (secondary N) is 1. The van der Waals surface area contributed by atoms with Gasteiger partial charge in [-0.15, -0.1) is 0 Å². The predicted octanol–water partition coefficient (Wildman–Crippen LogP) is 2.14. The maximum absolute atomic E-state index is 5.29. The number of rotatable bonds is 5. The first-order chi connectivity index (χ1) is 8.40. The van der Waals surface area contributed by atoms with Crippen LogP contribution in [0.4, 0.5) is 5.82 Å². The number of methoxy groups -OCH3 is 1. The molecular formula is C13H15N3O. The van der Waals surface area contributed by atoms with Crippen LogP contribution in [0.1, 0.15) is 5.56 Å². The molecular weight excluding hydrogens is 214 g/mol. The molecule has 0 aliphatic carbocycles. The van der Waals surface area contributed by atoms with Crippen LogP contribution in [0.25, 0.3) is 0 Å². The standard InChI is InChI=1S/C13H15N3O/c1-17-12-5-3-2-4-11(12)6-7-15-13-10-14-8-9-16-13/h2-5,8-10H,6-7H2,1H3,(H,15,16). The number of nitrogens with zero attached hydrogens (tertiary/aromatic N) is 2. The number of benzene rings is 1. The Balaban J connectivity index is 1.90. The molecule has 1 aromatic heterocycles. The number of hydrogen-bond acceptors (Lipinski definition) is 4. The van der Waals surface area contributed by atoms with Crippen molar-refractivity contribution in [2.75, 3.05) is 19.0 Å². The van der Waals surface area contributed by atoms with E-state index in [4.69, 9.17) is 4.74 Å². The van der Waals surface area contributed by atoms with E-state index >= 15 is 0 Å². The minimum Gasteiger partial charge on any atom is -0.496 e. The second-order valence-electron chi connectivity index (χ2n) is 3.58. The van der Waals surface area contributed by atoms with Crippen molar-refractivity contribution in [2.45, 2.75) is 6.42 Å². The normalized spacial score (nSPS) is 9.94. The fourth-order valence-corrected chi connectivity index (χ4v) is 1.63. The van der Waals surface area contributed by atoms with Crippen molar-refractivity contribution >= 4 is 5.82 Å². The number of para-hydroxylation sites is 1. The molecule has 1 aromatic carbocycles. The van der Waals surface area contributed by atoms with E-state index in [1.165, 1.54) is 5.56 Å². The number of ether oxygens (including phenoxy) is 1. The zero-order chi connectivity index (χ0) is 11.9. The molecule has 0 fully saturated rings. The molecule has 0 bridgehead atoms. The van der Waals surface area contributed by atoms with E-state index in [1.54, 1.807) is 25.7 Å². The summed E-state index contributed by atoms with van der Waals surface area (Å²) < 4.78 is 5.29. The predicted molar refractivity (Wildman–Crippen MR) is 67.2 cm³/mol. The molecule has 0 saturated carbocycles. The molecule has 0 amide bonds. The molecule has 1 N–H and O–H groups in total. The summed E-state index contributed by atoms with van der Waals surface area (Å²) in [6, 6.07) is 8.02. The average Bonchev–Trinajstić information content (AvgIpc) is 2.40. The molecule has 0 radical (unpaired) electrons. The van der Waals surface area contributed by atoms with E-state index in [1.807, 2.05) is 18.2 Å². The fraction of sp³-hybridized carbons (Fsp3) is 0.231. The molecule has 17 heavy (non-hydrogen) atoms. The Kier molecular flexibility index (Phi) is 3.91. The van der Waals surface area contributed by atoms with Crippen LogP contribution in [0.3, 0.4) is 0 Å². The van der Waals surface area contributed by atoms with Crippen molar-refractivity contribution in [2.24, 2.45) is 0 Å². The lowest BCUT2D eigenvalue weighted by molar-refractivity contribution is 0.410. The molecule has 4 heteroatoms. The van der Waals surface area contributed by atoms with Gasteiger partial charge in [-0.2, -0.15) is 0 Å². The molecule has 0 aliphatic rings. The minimum absolute atomic E-state index is 0.794. The second-order valence-corrected chi connectivity index (χ2v) is 3.58. The topological polar surface area (TPSA) is 47.0 Å². The van der Waals surface area contributed by atoms with Crippen LogP contribution in [0, 0.1) is 0 Å². The zero-order valence-electron chi connectivity index (χ0n) is 9.76. The van der Waals surface area contributed by atoms with Crippen LogP contribution in [0.2, 0.25) is 0 Å². The Bertz CT molecular complexity index is 459. The lowest BCUT2D eigenvalue weighted by Crippen LogP contribution is -2.07. The smallest absolute Gasteiger partial charge is 0.144 e. The van der Waals surface area contributed by atoms with E-state index < -0.39 is 0 Å². The van der Waals surface area contributed by atoms with E-state index in [-0.39, 0.29) is 0 Å². The van der Waals surface area contributed by atoms with E-state index in [0.717, 1.165) is 24.5 Å². The minimum atomic E-state index is 0.794. The quantitative estimate of drug-likeness (QED) is 0.853. The molecule has 4 nitrogen and oxygen atoms in total. The highest BCUT2D eigenvalue weighted by Crippen LogP contribution is 2.17. The van der Waals surface area contributed by atoms with E-state index in [9.17, 15) is 0 Å². The molecule has 88 valence electrons. The van der Waals surface area contributed by atoms with Gasteiger partial charge in [0, 0.05) is 18.9 Å². The third kappa shape index (κ3) is 3.17. The third-order valence-electron chi connectivity index (χ3n) is 2.46. The van der Waals surface area contributed by atoms with Crippen LogP contribution in [0.15, 0.2) is 42.9 Å². The maximum Gasteiger partial charge on any atom is 0.144 e. The lowest BCUT2D eigenvalue weighted by atomic mass is 10.1. The summed E-state index contributed by atoms with van der Waals surface area (Å²) in [5, 5.41) is 3.22. The van der Waals surface area contributed by atoms with Crippen LogP contribution >= 0.6 is 0 Å². The van der Waals surface area contributed by atoms with Crippen molar-refractivity contribution < 1.29 is 4.74 Å². The molecule has 0 atom stereocenters. The Hall–Kier alpha value is -2.10. The van der Waals surface area contributed by atoms with Crippen molar-refractivity contribution in [1.29, 1.82) is 0 Å². The first-order valence-electron chi connectivity index (χ1n) is 5.52. The zero-order valence-corrected chi connectivity index (χ0v) is 9.76. The molecule has 0 spiro atoms. The van der Waals surface area contributed by atoms with Gasteiger partial charge in [-0.1, -0.05) is 18.2 Å². The van der Waals surface area contributed by atoms with Gasteiger partial charge in [0.15, 0.2) is 0 Å². The van der Waals surface area contributed by atoms with Crippen molar-refractivity contribution in [3.63, 3.8) is 0 Å². The highest BCUT2D eigenvalue weighted by Gasteiger charge is 2.01. The summed E-state index contributed by atoms with van der Waals surface area (Å²) in [6.07, 6.45) is 5.93. The van der Waals surface area contributed by atoms with Crippen molar-refractivity contribution in [3.05, 3.63) is 48.4 Å². The highest BCUT2D eigenvalue weighted by molar-refractivity contribution is 5.35. The van der Waals surface area contributed by atoms with Gasteiger partial charge in [-0.05, 0) is 18.1 Å². The largest absolute Gasteiger partial charge is 0.496 e. The summed E-state index contributed by atoms with van der Waals surface area (Å²) in [4.78, 5) is 8.14. The molecule has 0 saturated heterocycles. The summed E-state index contributed by atoms with van der Waals surface area (Å²) in [7, 11) is 1.69. The Morgan fingerprint density at radius 2 is 2.12 bits per heavy atom. The Morgan fingerprint density at radius 1 is 1.24 bits per heavy atom. The van der Waals surface area contributed by atoms with Gasteiger partial charge in [-0.3, -0.25) is 4.98 Å². The molecule has 2 aromatic rings. The van der Waals surface area contributed by atoms with Gasteiger partial charge in [-0.25, -0.2) is 4.98 Å². The molecule has 0 aliphatic heterocycles. The first kappa shape index (κ1) is 11.4. The number of hydrogen-bond donors (Lipinski definition) is 1. The summed E-state index contributed by atoms with van der Waals surface area (Å²) in [5.41, 5.74) is 1.19. The van der Waals surface area contributed by atoms with E-state index in [0.29, 0.717) is 0 Å². The summed E-state index contributed by atoms with van der Waals surface area (Å²) in [6.45, 7) is 0.805. The first-order valence-corrected chi connectivity index (χ1v) is 5.52. The maximum atomic E-state index is 5.29. The Labute approximate surface area is 101 Å². The van der Waals surface area contributed by atoms with Gasteiger partial charge < -0.3 is 10.1 Å². The van der Waals surface area contributed by atoms with Crippen molar-refractivity contribution in [3.8, 4) is 5.75 Å². The number of anilines is 1. The van der Waals surface area contributed by atoms with Crippen molar-refractivity contribution in [1.82, 2.24) is 9.97 Å². The SMILES string of the molecule is COc1ccccc1CCNc1cnccn1. The molecule has 1 heterocycles. The average molecular weight is 229 g/mol. The van der Waals surface area contributed by atoms with Gasteiger partial charge in [0.25, 0.3) is 0 Å². The van der Waals surface area contributed by atoms with Gasteiger partial charge in [0.2, 0.25) is 0 Å². The summed E-state index contributed by atoms with van der Waals surface area (Å²) in [5.74, 6) is 1.72. The monoisotopic (exact) mass is 229 g/mol. The van der Waals surface area contributed by atoms with Crippen LogP contribution < -0.4 is 10.1 Å². The van der Waals surface area contributed by atoms with Gasteiger partial charge in [0.1, 0.15) is 11.6 Å². The van der Waals surface area contributed by atoms with Crippen LogP contribution in [-0.4, -0.2) is 23.6 Å². The Morgan fingerprint density at radius 3 is 2.88 bits per heavy atom. The number of aromatic nitrogens is 2. The van der Waals surface area contributed by atoms with Crippen LogP contribution in [-0.2, 0) is 6.42 Å². The van der Waals surface area contributed by atoms with Gasteiger partial charge >= 0.3 is 0 Å². The second kappa shape index (κ2) is 5.84. The highest BCUT2D eigenvalue weighted by atomic mass is 16.5. The van der Waals surface area contributed by atoms with Gasteiger partial charge in [0.05, 0.1) is 13.3 Å². The fourth-order valence-electron chi connectivity index (χ4n) is 1.63. The lowest BCUT2D eigenvalue weighted by Gasteiger charge is -2.08. The third-order valence-corrected chi connectivity index (χ3v) is 2.46. The van der Waals surface area contributed by atoms with E-state index in [2.05, 4.69) is 21.4 Å². The van der Waals surface area contributed by atoms with Crippen LogP contribution in [0.5, 0.6) is 5.75 Å².